The average molecular weight is 559 g/mol. The molecular formula is C27H28ClFN4O4S. The highest BCUT2D eigenvalue weighted by atomic mass is 35.5. The summed E-state index contributed by atoms with van der Waals surface area (Å²) < 4.78 is 45.2. The van der Waals surface area contributed by atoms with Gasteiger partial charge in [-0.3, -0.25) is 4.79 Å². The molecular weight excluding hydrogens is 531 g/mol. The molecule has 3 aromatic rings. The lowest BCUT2D eigenvalue weighted by Gasteiger charge is -2.33. The van der Waals surface area contributed by atoms with E-state index in [0.29, 0.717) is 66.7 Å². The number of aryl methyl sites for hydroxylation is 1. The predicted octanol–water partition coefficient (Wildman–Crippen LogP) is 4.83. The first-order valence-electron chi connectivity index (χ1n) is 12.5. The van der Waals surface area contributed by atoms with Crippen molar-refractivity contribution in [2.75, 3.05) is 36.2 Å². The van der Waals surface area contributed by atoms with E-state index >= 15 is 0 Å². The summed E-state index contributed by atoms with van der Waals surface area (Å²) in [6.07, 6.45) is 2.62. The van der Waals surface area contributed by atoms with Crippen LogP contribution in [-0.2, 0) is 32.2 Å². The highest BCUT2D eigenvalue weighted by Gasteiger charge is 2.32. The largest absolute Gasteiger partial charge is 0.469 e. The molecule has 0 radical (unpaired) electrons. The topological polar surface area (TPSA) is 101 Å². The van der Waals surface area contributed by atoms with Crippen LogP contribution in [0, 0.1) is 5.82 Å². The summed E-state index contributed by atoms with van der Waals surface area (Å²) in [5.74, 6) is 0.178. The van der Waals surface area contributed by atoms with Gasteiger partial charge in [-0.05, 0) is 67.0 Å². The molecule has 0 aliphatic carbocycles. The number of rotatable bonds is 6. The standard InChI is InChI=1S/C27H28ClFN4O4S/c1-37-24(34)15-17-4-7-20(8-5-17)30-26-25-23(3-2-14-38(25,35)36)31-27(32-26)33-12-10-18(11-13-33)21-9-6-19(28)16-22(21)29/h4-9,16,18H,2-3,10-15H2,1H3,(H,30,31,32). The molecule has 3 heterocycles. The number of benzene rings is 2. The van der Waals surface area contributed by atoms with Gasteiger partial charge in [-0.2, -0.15) is 4.98 Å². The quantitative estimate of drug-likeness (QED) is 0.429. The van der Waals surface area contributed by atoms with E-state index in [1.807, 2.05) is 4.90 Å². The summed E-state index contributed by atoms with van der Waals surface area (Å²) in [6.45, 7) is 1.22. The number of aromatic nitrogens is 2. The van der Waals surface area contributed by atoms with Crippen LogP contribution in [0.4, 0.5) is 21.8 Å². The van der Waals surface area contributed by atoms with Crippen LogP contribution in [-0.4, -0.2) is 50.3 Å². The van der Waals surface area contributed by atoms with Gasteiger partial charge in [0.05, 0.1) is 25.0 Å². The summed E-state index contributed by atoms with van der Waals surface area (Å²) in [5, 5.41) is 3.55. The molecule has 0 amide bonds. The number of esters is 1. The number of ether oxygens (including phenoxy) is 1. The lowest BCUT2D eigenvalue weighted by Crippen LogP contribution is -2.35. The minimum absolute atomic E-state index is 0.0491. The molecule has 1 saturated heterocycles. The monoisotopic (exact) mass is 558 g/mol. The van der Waals surface area contributed by atoms with Crippen molar-refractivity contribution in [1.29, 1.82) is 0 Å². The van der Waals surface area contributed by atoms with Gasteiger partial charge in [0.2, 0.25) is 5.95 Å². The van der Waals surface area contributed by atoms with Gasteiger partial charge < -0.3 is 15.0 Å². The second kappa shape index (κ2) is 10.9. The zero-order valence-electron chi connectivity index (χ0n) is 20.9. The van der Waals surface area contributed by atoms with Gasteiger partial charge in [-0.15, -0.1) is 0 Å². The Morgan fingerprint density at radius 2 is 1.89 bits per heavy atom. The minimum atomic E-state index is -3.54. The lowest BCUT2D eigenvalue weighted by atomic mass is 9.89. The maximum absolute atomic E-state index is 14.5. The first-order valence-corrected chi connectivity index (χ1v) is 14.5. The molecule has 38 heavy (non-hydrogen) atoms. The molecule has 0 saturated carbocycles. The molecule has 2 aliphatic rings. The molecule has 5 rings (SSSR count). The maximum atomic E-state index is 14.5. The summed E-state index contributed by atoms with van der Waals surface area (Å²) in [4.78, 5) is 23.1. The molecule has 0 atom stereocenters. The van der Waals surface area contributed by atoms with Gasteiger partial charge in [-0.25, -0.2) is 17.8 Å². The van der Waals surface area contributed by atoms with E-state index in [4.69, 9.17) is 16.3 Å². The SMILES string of the molecule is COC(=O)Cc1ccc(Nc2nc(N3CCC(c4ccc(Cl)cc4F)CC3)nc3c2S(=O)(=O)CCC3)cc1. The Bertz CT molecular complexity index is 1460. The first-order chi connectivity index (χ1) is 18.2. The first kappa shape index (κ1) is 26.4. The van der Waals surface area contributed by atoms with E-state index in [2.05, 4.69) is 15.3 Å². The molecule has 11 heteroatoms. The van der Waals surface area contributed by atoms with E-state index in [1.54, 1.807) is 36.4 Å². The number of methoxy groups -OCH3 is 1. The van der Waals surface area contributed by atoms with Crippen LogP contribution >= 0.6 is 11.6 Å². The third kappa shape index (κ3) is 5.61. The minimum Gasteiger partial charge on any atom is -0.469 e. The van der Waals surface area contributed by atoms with Crippen molar-refractivity contribution >= 4 is 44.9 Å². The molecule has 0 bridgehead atoms. The number of sulfone groups is 1. The van der Waals surface area contributed by atoms with Crippen LogP contribution in [0.15, 0.2) is 47.4 Å². The number of fused-ring (bicyclic) bond motifs is 1. The van der Waals surface area contributed by atoms with E-state index in [9.17, 15) is 17.6 Å². The number of nitrogens with one attached hydrogen (secondary N) is 1. The van der Waals surface area contributed by atoms with Crippen molar-refractivity contribution in [2.24, 2.45) is 0 Å². The molecule has 0 spiro atoms. The number of nitrogens with zero attached hydrogens (tertiary/aromatic N) is 3. The zero-order chi connectivity index (χ0) is 26.9. The molecule has 8 nitrogen and oxygen atoms in total. The van der Waals surface area contributed by atoms with E-state index < -0.39 is 9.84 Å². The fourth-order valence-electron chi connectivity index (χ4n) is 5.04. The Balaban J connectivity index is 1.40. The van der Waals surface area contributed by atoms with Crippen LogP contribution in [0.1, 0.15) is 42.0 Å². The van der Waals surface area contributed by atoms with Crippen LogP contribution in [0.25, 0.3) is 0 Å². The summed E-state index contributed by atoms with van der Waals surface area (Å²) >= 11 is 5.91. The number of hydrogen-bond donors (Lipinski definition) is 1. The van der Waals surface area contributed by atoms with Gasteiger partial charge in [0.15, 0.2) is 15.7 Å². The number of halogens is 2. The third-order valence-corrected chi connectivity index (χ3v) is 9.15. The van der Waals surface area contributed by atoms with Gasteiger partial charge >= 0.3 is 5.97 Å². The maximum Gasteiger partial charge on any atom is 0.309 e. The van der Waals surface area contributed by atoms with E-state index in [-0.39, 0.29) is 40.6 Å². The second-order valence-electron chi connectivity index (χ2n) is 9.57. The zero-order valence-corrected chi connectivity index (χ0v) is 22.5. The Kier molecular flexibility index (Phi) is 7.54. The highest BCUT2D eigenvalue weighted by Crippen LogP contribution is 2.36. The molecule has 1 fully saturated rings. The summed E-state index contributed by atoms with van der Waals surface area (Å²) in [6, 6.07) is 11.9. The van der Waals surface area contributed by atoms with Gasteiger partial charge in [0.25, 0.3) is 0 Å². The van der Waals surface area contributed by atoms with Crippen molar-refractivity contribution in [3.05, 3.63) is 70.1 Å². The Labute approximate surface area is 226 Å². The van der Waals surface area contributed by atoms with Crippen LogP contribution in [0.3, 0.4) is 0 Å². The van der Waals surface area contributed by atoms with Crippen LogP contribution < -0.4 is 10.2 Å². The van der Waals surface area contributed by atoms with Gasteiger partial charge in [0, 0.05) is 23.8 Å². The van der Waals surface area contributed by atoms with Crippen molar-refractivity contribution < 1.29 is 22.3 Å². The Hall–Kier alpha value is -3.24. The second-order valence-corrected chi connectivity index (χ2v) is 12.1. The van der Waals surface area contributed by atoms with E-state index in [1.165, 1.54) is 13.2 Å². The van der Waals surface area contributed by atoms with Crippen molar-refractivity contribution in [2.45, 2.75) is 42.9 Å². The number of carbonyl (C=O) groups is 1. The summed E-state index contributed by atoms with van der Waals surface area (Å²) in [5.41, 5.74) is 2.59. The van der Waals surface area contributed by atoms with Gasteiger partial charge in [-0.1, -0.05) is 29.8 Å². The van der Waals surface area contributed by atoms with Crippen molar-refractivity contribution in [3.8, 4) is 0 Å². The van der Waals surface area contributed by atoms with E-state index in [0.717, 1.165) is 5.56 Å². The molecule has 2 aliphatic heterocycles. The molecule has 1 N–H and O–H groups in total. The highest BCUT2D eigenvalue weighted by molar-refractivity contribution is 7.91. The number of hydrogen-bond acceptors (Lipinski definition) is 8. The lowest BCUT2D eigenvalue weighted by molar-refractivity contribution is -0.139. The number of piperidine rings is 1. The Morgan fingerprint density at radius 3 is 2.58 bits per heavy atom. The third-order valence-electron chi connectivity index (χ3n) is 7.03. The van der Waals surface area contributed by atoms with Crippen LogP contribution in [0.5, 0.6) is 0 Å². The average Bonchev–Trinajstić information content (AvgIpc) is 2.89. The fraction of sp³-hybridized carbons (Fsp3) is 0.370. The summed E-state index contributed by atoms with van der Waals surface area (Å²) in [7, 11) is -2.20. The molecule has 200 valence electrons. The normalized spacial score (nSPS) is 17.1. The number of anilines is 3. The molecule has 1 aromatic heterocycles. The van der Waals surface area contributed by atoms with Crippen molar-refractivity contribution in [3.63, 3.8) is 0 Å². The van der Waals surface area contributed by atoms with Crippen LogP contribution in [0.2, 0.25) is 5.02 Å². The molecule has 2 aromatic carbocycles. The smallest absolute Gasteiger partial charge is 0.309 e. The van der Waals surface area contributed by atoms with Crippen molar-refractivity contribution in [1.82, 2.24) is 9.97 Å². The predicted molar refractivity (Wildman–Crippen MR) is 143 cm³/mol. The number of carbonyl (C=O) groups excluding carboxylic acids is 1. The molecule has 0 unspecified atom stereocenters. The Morgan fingerprint density at radius 1 is 1.16 bits per heavy atom. The fourth-order valence-corrected chi connectivity index (χ4v) is 6.83. The van der Waals surface area contributed by atoms with Gasteiger partial charge in [0.1, 0.15) is 10.7 Å².